The van der Waals surface area contributed by atoms with E-state index in [-0.39, 0.29) is 11.9 Å². The van der Waals surface area contributed by atoms with E-state index in [0.29, 0.717) is 22.9 Å². The number of ether oxygens (including phenoxy) is 2. The standard InChI is InChI=1S/C13H17ClN2O2/c14-12-7-9(4-5-11(12)13(15)16)18-8-10-3-1-2-6-17-10/h4-5,7,10H,1-3,6,8H2,(H3,15,16). The number of nitrogens with two attached hydrogens (primary N) is 1. The third-order valence-corrected chi connectivity index (χ3v) is 3.25. The minimum atomic E-state index is -0.0397. The normalized spacial score (nSPS) is 19.5. The van der Waals surface area contributed by atoms with Crippen LogP contribution >= 0.6 is 11.6 Å². The second kappa shape index (κ2) is 6.07. The Bertz CT molecular complexity index is 431. The van der Waals surface area contributed by atoms with E-state index >= 15 is 0 Å². The van der Waals surface area contributed by atoms with E-state index in [4.69, 9.17) is 32.2 Å². The molecule has 0 amide bonds. The van der Waals surface area contributed by atoms with E-state index < -0.39 is 0 Å². The Labute approximate surface area is 112 Å². The van der Waals surface area contributed by atoms with Crippen molar-refractivity contribution in [2.75, 3.05) is 13.2 Å². The summed E-state index contributed by atoms with van der Waals surface area (Å²) >= 11 is 6.01. The van der Waals surface area contributed by atoms with Crippen LogP contribution in [0.2, 0.25) is 5.02 Å². The molecule has 1 saturated heterocycles. The molecule has 98 valence electrons. The molecule has 1 fully saturated rings. The van der Waals surface area contributed by atoms with Crippen LogP contribution in [0, 0.1) is 5.41 Å². The van der Waals surface area contributed by atoms with Gasteiger partial charge in [0.1, 0.15) is 18.2 Å². The quantitative estimate of drug-likeness (QED) is 0.651. The van der Waals surface area contributed by atoms with E-state index in [0.717, 1.165) is 19.4 Å². The average Bonchev–Trinajstić information content (AvgIpc) is 2.37. The van der Waals surface area contributed by atoms with Gasteiger partial charge in [0, 0.05) is 12.2 Å². The summed E-state index contributed by atoms with van der Waals surface area (Å²) in [6.07, 6.45) is 3.54. The lowest BCUT2D eigenvalue weighted by atomic mass is 10.1. The van der Waals surface area contributed by atoms with Gasteiger partial charge in [-0.2, -0.15) is 0 Å². The minimum absolute atomic E-state index is 0.0397. The molecular formula is C13H17ClN2O2. The first kappa shape index (κ1) is 13.2. The summed E-state index contributed by atoms with van der Waals surface area (Å²) in [5.74, 6) is 0.640. The molecule has 1 aliphatic rings. The molecule has 1 aliphatic heterocycles. The van der Waals surface area contributed by atoms with Gasteiger partial charge < -0.3 is 15.2 Å². The fourth-order valence-corrected chi connectivity index (χ4v) is 2.20. The number of benzene rings is 1. The molecule has 0 aromatic heterocycles. The molecule has 18 heavy (non-hydrogen) atoms. The van der Waals surface area contributed by atoms with Crippen molar-refractivity contribution in [1.29, 1.82) is 5.41 Å². The van der Waals surface area contributed by atoms with Gasteiger partial charge in [-0.3, -0.25) is 5.41 Å². The number of nitrogen functional groups attached to an aromatic ring is 1. The van der Waals surface area contributed by atoms with Crippen LogP contribution in [0.25, 0.3) is 0 Å². The summed E-state index contributed by atoms with van der Waals surface area (Å²) in [7, 11) is 0. The van der Waals surface area contributed by atoms with Crippen molar-refractivity contribution in [3.63, 3.8) is 0 Å². The Balaban J connectivity index is 1.93. The topological polar surface area (TPSA) is 68.3 Å². The Hall–Kier alpha value is -1.26. The predicted octanol–water partition coefficient (Wildman–Crippen LogP) is 2.57. The van der Waals surface area contributed by atoms with E-state index in [9.17, 15) is 0 Å². The van der Waals surface area contributed by atoms with Crippen LogP contribution in [0.3, 0.4) is 0 Å². The molecule has 0 bridgehead atoms. The van der Waals surface area contributed by atoms with E-state index in [1.807, 2.05) is 0 Å². The second-order valence-electron chi connectivity index (χ2n) is 4.35. The SMILES string of the molecule is N=C(N)c1ccc(OCC2CCCCO2)cc1Cl. The monoisotopic (exact) mass is 268 g/mol. The van der Waals surface area contributed by atoms with Gasteiger partial charge in [-0.05, 0) is 37.5 Å². The fourth-order valence-electron chi connectivity index (χ4n) is 1.93. The summed E-state index contributed by atoms with van der Waals surface area (Å²) in [4.78, 5) is 0. The highest BCUT2D eigenvalue weighted by molar-refractivity contribution is 6.34. The van der Waals surface area contributed by atoms with Crippen LogP contribution < -0.4 is 10.5 Å². The van der Waals surface area contributed by atoms with E-state index in [1.54, 1.807) is 18.2 Å². The van der Waals surface area contributed by atoms with Gasteiger partial charge in [0.2, 0.25) is 0 Å². The van der Waals surface area contributed by atoms with Crippen molar-refractivity contribution in [3.8, 4) is 5.75 Å². The lowest BCUT2D eigenvalue weighted by Crippen LogP contribution is -2.25. The summed E-state index contributed by atoms with van der Waals surface area (Å²) in [6.45, 7) is 1.35. The summed E-state index contributed by atoms with van der Waals surface area (Å²) in [5, 5.41) is 7.78. The highest BCUT2D eigenvalue weighted by atomic mass is 35.5. The molecule has 1 unspecified atom stereocenters. The molecule has 1 heterocycles. The molecule has 3 N–H and O–H groups in total. The zero-order chi connectivity index (χ0) is 13.0. The first-order valence-corrected chi connectivity index (χ1v) is 6.43. The summed E-state index contributed by atoms with van der Waals surface area (Å²) in [6, 6.07) is 5.15. The second-order valence-corrected chi connectivity index (χ2v) is 4.76. The highest BCUT2D eigenvalue weighted by Crippen LogP contribution is 2.23. The van der Waals surface area contributed by atoms with Crippen LogP contribution in [0.1, 0.15) is 24.8 Å². The number of hydrogen-bond acceptors (Lipinski definition) is 3. The van der Waals surface area contributed by atoms with Gasteiger partial charge in [0.15, 0.2) is 0 Å². The zero-order valence-corrected chi connectivity index (χ0v) is 10.9. The molecule has 2 rings (SSSR count). The van der Waals surface area contributed by atoms with Crippen molar-refractivity contribution in [2.24, 2.45) is 5.73 Å². The Morgan fingerprint density at radius 1 is 1.50 bits per heavy atom. The molecule has 1 aromatic rings. The third kappa shape index (κ3) is 3.37. The molecule has 1 aromatic carbocycles. The van der Waals surface area contributed by atoms with Gasteiger partial charge in [-0.15, -0.1) is 0 Å². The van der Waals surface area contributed by atoms with Gasteiger partial charge in [0.05, 0.1) is 11.1 Å². The molecule has 5 heteroatoms. The smallest absolute Gasteiger partial charge is 0.124 e. The first-order valence-electron chi connectivity index (χ1n) is 6.05. The van der Waals surface area contributed by atoms with Crippen LogP contribution in [0.15, 0.2) is 18.2 Å². The molecule has 1 atom stereocenters. The van der Waals surface area contributed by atoms with Crippen molar-refractivity contribution in [1.82, 2.24) is 0 Å². The molecule has 4 nitrogen and oxygen atoms in total. The highest BCUT2D eigenvalue weighted by Gasteiger charge is 2.14. The van der Waals surface area contributed by atoms with Gasteiger partial charge in [0.25, 0.3) is 0 Å². The summed E-state index contributed by atoms with van der Waals surface area (Å²) < 4.78 is 11.2. The van der Waals surface area contributed by atoms with Crippen molar-refractivity contribution >= 4 is 17.4 Å². The zero-order valence-electron chi connectivity index (χ0n) is 10.1. The number of rotatable bonds is 4. The summed E-state index contributed by atoms with van der Waals surface area (Å²) in [5.41, 5.74) is 5.92. The average molecular weight is 269 g/mol. The lowest BCUT2D eigenvalue weighted by molar-refractivity contribution is -0.0110. The van der Waals surface area contributed by atoms with Crippen LogP contribution in [0.5, 0.6) is 5.75 Å². The van der Waals surface area contributed by atoms with Crippen molar-refractivity contribution in [3.05, 3.63) is 28.8 Å². The number of nitrogens with one attached hydrogen (secondary N) is 1. The molecule has 0 aliphatic carbocycles. The van der Waals surface area contributed by atoms with Gasteiger partial charge in [-0.1, -0.05) is 11.6 Å². The number of hydrogen-bond donors (Lipinski definition) is 2. The molecule has 0 radical (unpaired) electrons. The maximum atomic E-state index is 7.34. The molecule has 0 saturated carbocycles. The minimum Gasteiger partial charge on any atom is -0.491 e. The van der Waals surface area contributed by atoms with E-state index in [1.165, 1.54) is 6.42 Å². The Kier molecular flexibility index (Phi) is 4.44. The van der Waals surface area contributed by atoms with Crippen LogP contribution in [-0.4, -0.2) is 25.2 Å². The predicted molar refractivity (Wildman–Crippen MR) is 71.6 cm³/mol. The fraction of sp³-hybridized carbons (Fsp3) is 0.462. The molecule has 0 spiro atoms. The lowest BCUT2D eigenvalue weighted by Gasteiger charge is -2.22. The first-order chi connectivity index (χ1) is 8.66. The maximum Gasteiger partial charge on any atom is 0.124 e. The Morgan fingerprint density at radius 3 is 2.94 bits per heavy atom. The number of amidine groups is 1. The van der Waals surface area contributed by atoms with Crippen LogP contribution in [-0.2, 0) is 4.74 Å². The van der Waals surface area contributed by atoms with Gasteiger partial charge >= 0.3 is 0 Å². The largest absolute Gasteiger partial charge is 0.491 e. The van der Waals surface area contributed by atoms with Crippen molar-refractivity contribution in [2.45, 2.75) is 25.4 Å². The Morgan fingerprint density at radius 2 is 2.33 bits per heavy atom. The van der Waals surface area contributed by atoms with Crippen molar-refractivity contribution < 1.29 is 9.47 Å². The molecular weight excluding hydrogens is 252 g/mol. The third-order valence-electron chi connectivity index (χ3n) is 2.94. The maximum absolute atomic E-state index is 7.34. The van der Waals surface area contributed by atoms with Crippen LogP contribution in [0.4, 0.5) is 0 Å². The van der Waals surface area contributed by atoms with E-state index in [2.05, 4.69) is 0 Å². The van der Waals surface area contributed by atoms with Gasteiger partial charge in [-0.25, -0.2) is 0 Å². The number of halogens is 1.